The van der Waals surface area contributed by atoms with Gasteiger partial charge in [-0.15, -0.1) is 0 Å². The first-order chi connectivity index (χ1) is 7.83. The van der Waals surface area contributed by atoms with Gasteiger partial charge in [-0.2, -0.15) is 0 Å². The van der Waals surface area contributed by atoms with E-state index in [9.17, 15) is 0 Å². The van der Waals surface area contributed by atoms with Crippen molar-refractivity contribution < 1.29 is 0 Å². The normalized spacial score (nSPS) is 11.9. The van der Waals surface area contributed by atoms with Crippen molar-refractivity contribution in [2.24, 2.45) is 4.99 Å². The van der Waals surface area contributed by atoms with Crippen molar-refractivity contribution in [3.05, 3.63) is 30.1 Å². The van der Waals surface area contributed by atoms with E-state index in [0.717, 1.165) is 29.7 Å². The molecular weight excluding hydrogens is 198 g/mol. The number of aromatic amines is 1. The molecular formula is C13H17N3. The van der Waals surface area contributed by atoms with E-state index in [0.29, 0.717) is 6.04 Å². The molecule has 0 saturated carbocycles. The van der Waals surface area contributed by atoms with E-state index < -0.39 is 0 Å². The molecule has 0 radical (unpaired) electrons. The maximum Gasteiger partial charge on any atom is 0.149 e. The average Bonchev–Trinajstić information content (AvgIpc) is 2.73. The monoisotopic (exact) mass is 215 g/mol. The minimum Gasteiger partial charge on any atom is -0.337 e. The summed E-state index contributed by atoms with van der Waals surface area (Å²) in [5, 5.41) is 0. The molecule has 0 aliphatic heterocycles. The topological polar surface area (TPSA) is 41.0 Å². The van der Waals surface area contributed by atoms with Gasteiger partial charge < -0.3 is 4.98 Å². The lowest BCUT2D eigenvalue weighted by atomic mass is 10.2. The van der Waals surface area contributed by atoms with Crippen molar-refractivity contribution in [2.75, 3.05) is 0 Å². The van der Waals surface area contributed by atoms with Crippen LogP contribution in [0.15, 0.2) is 29.3 Å². The molecule has 0 fully saturated rings. The lowest BCUT2D eigenvalue weighted by Crippen LogP contribution is -2.00. The van der Waals surface area contributed by atoms with Gasteiger partial charge >= 0.3 is 0 Å². The average molecular weight is 215 g/mol. The highest BCUT2D eigenvalue weighted by Gasteiger charge is 2.01. The van der Waals surface area contributed by atoms with E-state index in [1.54, 1.807) is 0 Å². The van der Waals surface area contributed by atoms with Crippen molar-refractivity contribution in [1.29, 1.82) is 0 Å². The molecule has 1 aromatic carbocycles. The minimum atomic E-state index is 0.410. The lowest BCUT2D eigenvalue weighted by molar-refractivity contribution is 0.634. The Hall–Kier alpha value is -1.64. The molecule has 1 N–H and O–H groups in total. The van der Waals surface area contributed by atoms with Crippen LogP contribution in [0.4, 0.5) is 0 Å². The zero-order valence-corrected chi connectivity index (χ0v) is 9.77. The van der Waals surface area contributed by atoms with Crippen molar-refractivity contribution in [3.63, 3.8) is 0 Å². The van der Waals surface area contributed by atoms with Crippen molar-refractivity contribution >= 4 is 17.2 Å². The predicted octanol–water partition coefficient (Wildman–Crippen LogP) is 3.17. The second kappa shape index (κ2) is 4.92. The summed E-state index contributed by atoms with van der Waals surface area (Å²) in [5.74, 6) is 0.841. The summed E-state index contributed by atoms with van der Waals surface area (Å²) in [5.41, 5.74) is 2.06. The Labute approximate surface area is 95.6 Å². The summed E-state index contributed by atoms with van der Waals surface area (Å²) in [4.78, 5) is 12.2. The number of aromatic nitrogens is 2. The minimum absolute atomic E-state index is 0.410. The fourth-order valence-electron chi connectivity index (χ4n) is 1.71. The number of para-hydroxylation sites is 2. The molecule has 0 spiro atoms. The number of imidazole rings is 1. The quantitative estimate of drug-likeness (QED) is 0.782. The summed E-state index contributed by atoms with van der Waals surface area (Å²) in [6.45, 7) is 4.31. The van der Waals surface area contributed by atoms with Crippen LogP contribution in [0.2, 0.25) is 0 Å². The van der Waals surface area contributed by atoms with Gasteiger partial charge in [-0.1, -0.05) is 26.0 Å². The molecule has 0 aliphatic rings. The molecule has 0 saturated heterocycles. The first-order valence-electron chi connectivity index (χ1n) is 5.81. The number of H-pyrrole nitrogens is 1. The second-order valence-corrected chi connectivity index (χ2v) is 3.89. The summed E-state index contributed by atoms with van der Waals surface area (Å²) in [6.07, 6.45) is 4.00. The smallest absolute Gasteiger partial charge is 0.149 e. The van der Waals surface area contributed by atoms with Gasteiger partial charge in [0.2, 0.25) is 0 Å². The molecule has 3 heteroatoms. The number of hydrogen-bond acceptors (Lipinski definition) is 2. The Morgan fingerprint density at radius 2 is 2.06 bits per heavy atom. The maximum atomic E-state index is 4.51. The van der Waals surface area contributed by atoms with Crippen LogP contribution in [0.5, 0.6) is 0 Å². The molecule has 0 atom stereocenters. The first kappa shape index (κ1) is 10.9. The van der Waals surface area contributed by atoms with Crippen molar-refractivity contribution in [3.8, 4) is 0 Å². The fourth-order valence-corrected chi connectivity index (χ4v) is 1.71. The largest absolute Gasteiger partial charge is 0.337 e. The van der Waals surface area contributed by atoms with Gasteiger partial charge in [-0.05, 0) is 25.0 Å². The molecule has 2 aromatic rings. The van der Waals surface area contributed by atoms with Crippen LogP contribution in [0.3, 0.4) is 0 Å². The number of rotatable bonds is 4. The van der Waals surface area contributed by atoms with E-state index in [1.165, 1.54) is 0 Å². The van der Waals surface area contributed by atoms with E-state index in [2.05, 4.69) is 28.8 Å². The van der Waals surface area contributed by atoms with E-state index in [-0.39, 0.29) is 0 Å². The second-order valence-electron chi connectivity index (χ2n) is 3.89. The van der Waals surface area contributed by atoms with Crippen LogP contribution >= 0.6 is 0 Å². The Morgan fingerprint density at radius 3 is 2.75 bits per heavy atom. The van der Waals surface area contributed by atoms with Gasteiger partial charge in [0.15, 0.2) is 0 Å². The first-order valence-corrected chi connectivity index (χ1v) is 5.81. The van der Waals surface area contributed by atoms with E-state index in [4.69, 9.17) is 0 Å². The SMILES string of the molecule is CCC(CC)N=Cc1nc2ccccc2[nH]1. The Kier molecular flexibility index (Phi) is 3.34. The van der Waals surface area contributed by atoms with Crippen LogP contribution in [-0.4, -0.2) is 22.2 Å². The molecule has 0 bridgehead atoms. The molecule has 1 aromatic heterocycles. The summed E-state index contributed by atoms with van der Waals surface area (Å²) >= 11 is 0. The van der Waals surface area contributed by atoms with Gasteiger partial charge in [0.05, 0.1) is 17.2 Å². The number of fused-ring (bicyclic) bond motifs is 1. The lowest BCUT2D eigenvalue weighted by Gasteiger charge is -2.03. The highest BCUT2D eigenvalue weighted by atomic mass is 14.9. The molecule has 0 aliphatic carbocycles. The summed E-state index contributed by atoms with van der Waals surface area (Å²) in [6, 6.07) is 8.43. The molecule has 0 amide bonds. The third-order valence-electron chi connectivity index (χ3n) is 2.76. The number of nitrogens with zero attached hydrogens (tertiary/aromatic N) is 2. The van der Waals surface area contributed by atoms with Gasteiger partial charge in [-0.25, -0.2) is 4.98 Å². The van der Waals surface area contributed by atoms with E-state index in [1.807, 2.05) is 30.5 Å². The van der Waals surface area contributed by atoms with Crippen LogP contribution < -0.4 is 0 Å². The molecule has 2 rings (SSSR count). The maximum absolute atomic E-state index is 4.51. The summed E-state index contributed by atoms with van der Waals surface area (Å²) in [7, 11) is 0. The highest BCUT2D eigenvalue weighted by molar-refractivity contribution is 5.83. The van der Waals surface area contributed by atoms with Gasteiger partial charge in [0.1, 0.15) is 5.82 Å². The Bertz CT molecular complexity index is 448. The standard InChI is InChI=1S/C13H17N3/c1-3-10(4-2)14-9-13-15-11-7-5-6-8-12(11)16-13/h5-10H,3-4H2,1-2H3,(H,15,16). The number of nitrogens with one attached hydrogen (secondary N) is 1. The third kappa shape index (κ3) is 2.30. The Morgan fingerprint density at radius 1 is 1.31 bits per heavy atom. The molecule has 3 nitrogen and oxygen atoms in total. The van der Waals surface area contributed by atoms with Crippen molar-refractivity contribution in [2.45, 2.75) is 32.7 Å². The van der Waals surface area contributed by atoms with Gasteiger partial charge in [0.25, 0.3) is 0 Å². The molecule has 16 heavy (non-hydrogen) atoms. The summed E-state index contributed by atoms with van der Waals surface area (Å²) < 4.78 is 0. The van der Waals surface area contributed by atoms with Crippen LogP contribution in [-0.2, 0) is 0 Å². The van der Waals surface area contributed by atoms with E-state index >= 15 is 0 Å². The molecule has 0 unspecified atom stereocenters. The number of hydrogen-bond donors (Lipinski definition) is 1. The molecule has 84 valence electrons. The third-order valence-corrected chi connectivity index (χ3v) is 2.76. The number of benzene rings is 1. The Balaban J connectivity index is 2.21. The predicted molar refractivity (Wildman–Crippen MR) is 68.1 cm³/mol. The van der Waals surface area contributed by atoms with Crippen LogP contribution in [0, 0.1) is 0 Å². The number of aliphatic imine (C=N–C) groups is 1. The zero-order chi connectivity index (χ0) is 11.4. The molecule has 1 heterocycles. The van der Waals surface area contributed by atoms with Crippen LogP contribution in [0.25, 0.3) is 11.0 Å². The van der Waals surface area contributed by atoms with Crippen molar-refractivity contribution in [1.82, 2.24) is 9.97 Å². The fraction of sp³-hybridized carbons (Fsp3) is 0.385. The van der Waals surface area contributed by atoms with Crippen LogP contribution in [0.1, 0.15) is 32.5 Å². The highest BCUT2D eigenvalue weighted by Crippen LogP contribution is 2.09. The van der Waals surface area contributed by atoms with Gasteiger partial charge in [-0.3, -0.25) is 4.99 Å². The zero-order valence-electron chi connectivity index (χ0n) is 9.77. The van der Waals surface area contributed by atoms with Gasteiger partial charge in [0, 0.05) is 6.04 Å².